The van der Waals surface area contributed by atoms with Crippen LogP contribution in [0.25, 0.3) is 0 Å². The Kier molecular flexibility index (Phi) is 4.53. The molecule has 1 saturated heterocycles. The Labute approximate surface area is 106 Å². The van der Waals surface area contributed by atoms with Crippen molar-refractivity contribution in [1.82, 2.24) is 15.1 Å². The normalized spacial score (nSPS) is 16.5. The van der Waals surface area contributed by atoms with Gasteiger partial charge in [-0.1, -0.05) is 6.07 Å². The van der Waals surface area contributed by atoms with Crippen LogP contribution in [0.15, 0.2) is 17.5 Å². The van der Waals surface area contributed by atoms with Crippen molar-refractivity contribution in [3.8, 4) is 0 Å². The topological polar surface area (TPSA) is 35.6 Å². The maximum atomic E-state index is 12.0. The van der Waals surface area contributed by atoms with Crippen LogP contribution >= 0.6 is 11.3 Å². The molecule has 1 fully saturated rings. The van der Waals surface area contributed by atoms with Gasteiger partial charge in [0.25, 0.3) is 0 Å². The van der Waals surface area contributed by atoms with Gasteiger partial charge in [-0.25, -0.2) is 0 Å². The number of piperazine rings is 1. The molecule has 0 saturated carbocycles. The second-order valence-electron chi connectivity index (χ2n) is 4.38. The number of carbonyl (C=O) groups excluding carboxylic acids is 1. The highest BCUT2D eigenvalue weighted by Crippen LogP contribution is 2.10. The molecule has 2 rings (SSSR count). The molecule has 1 aromatic heterocycles. The molecule has 0 spiro atoms. The van der Waals surface area contributed by atoms with Gasteiger partial charge in [-0.15, -0.1) is 11.3 Å². The lowest BCUT2D eigenvalue weighted by atomic mass is 10.3. The first-order valence-corrected chi connectivity index (χ1v) is 6.83. The molecule has 17 heavy (non-hydrogen) atoms. The average molecular weight is 253 g/mol. The van der Waals surface area contributed by atoms with Crippen LogP contribution in [-0.4, -0.2) is 55.5 Å². The maximum absolute atomic E-state index is 12.0. The zero-order chi connectivity index (χ0) is 12.1. The fourth-order valence-electron chi connectivity index (χ4n) is 1.97. The van der Waals surface area contributed by atoms with E-state index in [1.165, 1.54) is 4.88 Å². The molecule has 1 amide bonds. The zero-order valence-corrected chi connectivity index (χ0v) is 11.0. The molecule has 4 nitrogen and oxygen atoms in total. The van der Waals surface area contributed by atoms with Crippen LogP contribution in [0, 0.1) is 0 Å². The fourth-order valence-corrected chi connectivity index (χ4v) is 2.75. The highest BCUT2D eigenvalue weighted by atomic mass is 32.1. The molecular weight excluding hydrogens is 234 g/mol. The summed E-state index contributed by atoms with van der Waals surface area (Å²) < 4.78 is 0. The van der Waals surface area contributed by atoms with Crippen molar-refractivity contribution >= 4 is 17.2 Å². The zero-order valence-electron chi connectivity index (χ0n) is 10.2. The standard InChI is InChI=1S/C12H19N3OS/c1-14(9-11-3-2-8-17-11)10-12(16)15-6-4-13-5-7-15/h2-3,8,13H,4-7,9-10H2,1H3. The SMILES string of the molecule is CN(CC(=O)N1CCNCC1)Cc1cccs1. The lowest BCUT2D eigenvalue weighted by molar-refractivity contribution is -0.132. The van der Waals surface area contributed by atoms with Crippen LogP contribution in [0.5, 0.6) is 0 Å². The minimum Gasteiger partial charge on any atom is -0.339 e. The molecule has 94 valence electrons. The van der Waals surface area contributed by atoms with Crippen molar-refractivity contribution in [1.29, 1.82) is 0 Å². The number of amides is 1. The van der Waals surface area contributed by atoms with E-state index in [4.69, 9.17) is 0 Å². The molecule has 1 N–H and O–H groups in total. The number of nitrogens with zero attached hydrogens (tertiary/aromatic N) is 2. The molecule has 5 heteroatoms. The highest BCUT2D eigenvalue weighted by Gasteiger charge is 2.17. The van der Waals surface area contributed by atoms with Gasteiger partial charge >= 0.3 is 0 Å². The first-order valence-electron chi connectivity index (χ1n) is 5.95. The molecule has 1 aliphatic rings. The van der Waals surface area contributed by atoms with Gasteiger partial charge in [0.15, 0.2) is 0 Å². The minimum atomic E-state index is 0.241. The Morgan fingerprint density at radius 1 is 1.53 bits per heavy atom. The predicted octanol–water partition coefficient (Wildman–Crippen LogP) is 0.612. The smallest absolute Gasteiger partial charge is 0.236 e. The number of hydrogen-bond acceptors (Lipinski definition) is 4. The number of thiophene rings is 1. The quantitative estimate of drug-likeness (QED) is 0.854. The van der Waals surface area contributed by atoms with E-state index in [9.17, 15) is 4.79 Å². The number of likely N-dealkylation sites (N-methyl/N-ethyl adjacent to an activating group) is 1. The summed E-state index contributed by atoms with van der Waals surface area (Å²) >= 11 is 1.74. The Morgan fingerprint density at radius 3 is 2.94 bits per heavy atom. The Bertz CT molecular complexity index is 347. The van der Waals surface area contributed by atoms with Crippen molar-refractivity contribution in [3.05, 3.63) is 22.4 Å². The number of hydrogen-bond donors (Lipinski definition) is 1. The van der Waals surface area contributed by atoms with Crippen molar-refractivity contribution in [3.63, 3.8) is 0 Å². The fraction of sp³-hybridized carbons (Fsp3) is 0.583. The highest BCUT2D eigenvalue weighted by molar-refractivity contribution is 7.09. The van der Waals surface area contributed by atoms with Gasteiger partial charge in [0.05, 0.1) is 6.54 Å². The average Bonchev–Trinajstić information content (AvgIpc) is 2.82. The third kappa shape index (κ3) is 3.80. The van der Waals surface area contributed by atoms with Crippen molar-refractivity contribution in [2.45, 2.75) is 6.54 Å². The second kappa shape index (κ2) is 6.14. The van der Waals surface area contributed by atoms with Crippen LogP contribution in [-0.2, 0) is 11.3 Å². The summed E-state index contributed by atoms with van der Waals surface area (Å²) in [4.78, 5) is 17.3. The molecule has 2 heterocycles. The molecule has 0 aromatic carbocycles. The Hall–Kier alpha value is -0.910. The first-order chi connectivity index (χ1) is 8.25. The van der Waals surface area contributed by atoms with Crippen LogP contribution in [0.3, 0.4) is 0 Å². The van der Waals surface area contributed by atoms with Crippen LogP contribution in [0.1, 0.15) is 4.88 Å². The van der Waals surface area contributed by atoms with E-state index in [-0.39, 0.29) is 5.91 Å². The monoisotopic (exact) mass is 253 g/mol. The second-order valence-corrected chi connectivity index (χ2v) is 5.41. The molecular formula is C12H19N3OS. The van der Waals surface area contributed by atoms with E-state index in [2.05, 4.69) is 21.7 Å². The summed E-state index contributed by atoms with van der Waals surface area (Å²) in [5.41, 5.74) is 0. The first kappa shape index (κ1) is 12.5. The minimum absolute atomic E-state index is 0.241. The lowest BCUT2D eigenvalue weighted by Gasteiger charge is -2.29. The summed E-state index contributed by atoms with van der Waals surface area (Å²) in [6.45, 7) is 4.88. The molecule has 0 aliphatic carbocycles. The van der Waals surface area contributed by atoms with Gasteiger partial charge in [0, 0.05) is 37.6 Å². The van der Waals surface area contributed by atoms with Crippen LogP contribution < -0.4 is 5.32 Å². The van der Waals surface area contributed by atoms with Gasteiger partial charge in [0.2, 0.25) is 5.91 Å². The summed E-state index contributed by atoms with van der Waals surface area (Å²) in [6.07, 6.45) is 0. The van der Waals surface area contributed by atoms with Gasteiger partial charge in [0.1, 0.15) is 0 Å². The summed E-state index contributed by atoms with van der Waals surface area (Å²) in [5.74, 6) is 0.241. The van der Waals surface area contributed by atoms with E-state index in [1.807, 2.05) is 18.0 Å². The van der Waals surface area contributed by atoms with Crippen molar-refractivity contribution in [2.24, 2.45) is 0 Å². The van der Waals surface area contributed by atoms with E-state index < -0.39 is 0 Å². The third-order valence-corrected chi connectivity index (χ3v) is 3.74. The third-order valence-electron chi connectivity index (χ3n) is 2.88. The van der Waals surface area contributed by atoms with Gasteiger partial charge in [-0.3, -0.25) is 9.69 Å². The number of rotatable bonds is 4. The van der Waals surface area contributed by atoms with E-state index in [1.54, 1.807) is 11.3 Å². The molecule has 0 bridgehead atoms. The van der Waals surface area contributed by atoms with Crippen molar-refractivity contribution in [2.75, 3.05) is 39.8 Å². The largest absolute Gasteiger partial charge is 0.339 e. The molecule has 0 unspecified atom stereocenters. The molecule has 1 aromatic rings. The summed E-state index contributed by atoms with van der Waals surface area (Å²) in [5, 5.41) is 5.32. The van der Waals surface area contributed by atoms with Gasteiger partial charge < -0.3 is 10.2 Å². The van der Waals surface area contributed by atoms with Crippen LogP contribution in [0.4, 0.5) is 0 Å². The van der Waals surface area contributed by atoms with Gasteiger partial charge in [-0.2, -0.15) is 0 Å². The van der Waals surface area contributed by atoms with Crippen molar-refractivity contribution < 1.29 is 4.79 Å². The molecule has 0 radical (unpaired) electrons. The number of nitrogens with one attached hydrogen (secondary N) is 1. The van der Waals surface area contributed by atoms with Gasteiger partial charge in [-0.05, 0) is 18.5 Å². The van der Waals surface area contributed by atoms with E-state index in [0.717, 1.165) is 32.7 Å². The number of carbonyl (C=O) groups is 1. The Balaban J connectivity index is 1.77. The molecule has 0 atom stereocenters. The van der Waals surface area contributed by atoms with E-state index in [0.29, 0.717) is 6.54 Å². The predicted molar refractivity (Wildman–Crippen MR) is 70.1 cm³/mol. The summed E-state index contributed by atoms with van der Waals surface area (Å²) in [7, 11) is 2.00. The maximum Gasteiger partial charge on any atom is 0.236 e. The Morgan fingerprint density at radius 2 is 2.29 bits per heavy atom. The lowest BCUT2D eigenvalue weighted by Crippen LogP contribution is -2.49. The summed E-state index contributed by atoms with van der Waals surface area (Å²) in [6, 6.07) is 4.16. The molecule has 1 aliphatic heterocycles. The van der Waals surface area contributed by atoms with Crippen LogP contribution in [0.2, 0.25) is 0 Å². The van der Waals surface area contributed by atoms with E-state index >= 15 is 0 Å².